The highest BCUT2D eigenvalue weighted by atomic mass is 35.5. The maximum atomic E-state index is 14.5. The lowest BCUT2D eigenvalue weighted by Gasteiger charge is -2.31. The van der Waals surface area contributed by atoms with Gasteiger partial charge in [-0.2, -0.15) is 0 Å². The van der Waals surface area contributed by atoms with Crippen LogP contribution in [0.25, 0.3) is 22.6 Å². The Balaban J connectivity index is 1.60. The molecule has 2 aromatic carbocycles. The molecule has 0 saturated heterocycles. The van der Waals surface area contributed by atoms with E-state index in [9.17, 15) is 4.39 Å². The van der Waals surface area contributed by atoms with Gasteiger partial charge in [0, 0.05) is 23.5 Å². The fourth-order valence-electron chi connectivity index (χ4n) is 3.55. The van der Waals surface area contributed by atoms with Gasteiger partial charge in [0.15, 0.2) is 0 Å². The van der Waals surface area contributed by atoms with Crippen LogP contribution in [0, 0.1) is 17.7 Å². The zero-order valence-electron chi connectivity index (χ0n) is 16.7. The normalized spacial score (nSPS) is 13.4. The number of nitrogens with zero attached hydrogens (tertiary/aromatic N) is 3. The summed E-state index contributed by atoms with van der Waals surface area (Å²) in [6.07, 6.45) is 3.30. The molecule has 31 heavy (non-hydrogen) atoms. The van der Waals surface area contributed by atoms with E-state index < -0.39 is 11.4 Å². The summed E-state index contributed by atoms with van der Waals surface area (Å²) in [5.41, 5.74) is 2.55. The number of benzene rings is 2. The first-order valence-corrected chi connectivity index (χ1v) is 9.97. The van der Waals surface area contributed by atoms with E-state index in [2.05, 4.69) is 31.8 Å². The van der Waals surface area contributed by atoms with E-state index in [-0.39, 0.29) is 5.56 Å². The quantitative estimate of drug-likeness (QED) is 0.413. The predicted octanol–water partition coefficient (Wildman–Crippen LogP) is 5.35. The molecule has 3 heterocycles. The van der Waals surface area contributed by atoms with Crippen LogP contribution in [0.4, 0.5) is 4.39 Å². The highest BCUT2D eigenvalue weighted by Gasteiger charge is 2.37. The minimum absolute atomic E-state index is 0.237. The van der Waals surface area contributed by atoms with Gasteiger partial charge in [-0.3, -0.25) is 0 Å². The van der Waals surface area contributed by atoms with Gasteiger partial charge < -0.3 is 9.72 Å². The molecule has 0 unspecified atom stereocenters. The molecule has 0 spiro atoms. The third-order valence-corrected chi connectivity index (χ3v) is 5.29. The number of imidazole rings is 1. The molecule has 152 valence electrons. The maximum Gasteiger partial charge on any atom is 0.205 e. The van der Waals surface area contributed by atoms with Gasteiger partial charge in [-0.15, -0.1) is 0 Å². The Hall–Kier alpha value is -3.69. The second-order valence-corrected chi connectivity index (χ2v) is 7.96. The van der Waals surface area contributed by atoms with Crippen LogP contribution < -0.4 is 4.74 Å². The molecule has 7 heteroatoms. The Kier molecular flexibility index (Phi) is 4.49. The number of halogens is 2. The SMILES string of the molecule is CC1(C)Oc2cc(C#Cc3ncccn3)ccc2-c2[nH]c(-c3c(F)cccc3Cl)nc21. The van der Waals surface area contributed by atoms with Crippen LogP contribution in [-0.2, 0) is 5.60 Å². The highest BCUT2D eigenvalue weighted by molar-refractivity contribution is 6.33. The number of nitrogens with one attached hydrogen (secondary N) is 1. The van der Waals surface area contributed by atoms with Crippen molar-refractivity contribution in [1.29, 1.82) is 0 Å². The lowest BCUT2D eigenvalue weighted by Crippen LogP contribution is -2.29. The number of hydrogen-bond donors (Lipinski definition) is 1. The van der Waals surface area contributed by atoms with Crippen LogP contribution >= 0.6 is 11.6 Å². The van der Waals surface area contributed by atoms with Gasteiger partial charge in [-0.05, 0) is 56.2 Å². The summed E-state index contributed by atoms with van der Waals surface area (Å²) in [6.45, 7) is 3.83. The molecule has 1 aliphatic rings. The second kappa shape index (κ2) is 7.22. The average molecular weight is 431 g/mol. The molecule has 0 radical (unpaired) electrons. The first-order valence-electron chi connectivity index (χ1n) is 9.60. The van der Waals surface area contributed by atoms with Gasteiger partial charge >= 0.3 is 0 Å². The summed E-state index contributed by atoms with van der Waals surface area (Å²) >= 11 is 6.25. The minimum Gasteiger partial charge on any atom is -0.481 e. The van der Waals surface area contributed by atoms with E-state index in [0.717, 1.165) is 16.8 Å². The first kappa shape index (κ1) is 19.3. The number of fused-ring (bicyclic) bond motifs is 3. The van der Waals surface area contributed by atoms with E-state index in [1.165, 1.54) is 6.07 Å². The fraction of sp³-hybridized carbons (Fsp3) is 0.125. The molecule has 0 atom stereocenters. The number of ether oxygens (including phenoxy) is 1. The van der Waals surface area contributed by atoms with Crippen molar-refractivity contribution in [3.8, 4) is 40.2 Å². The molecule has 1 N–H and O–H groups in total. The van der Waals surface area contributed by atoms with Crippen molar-refractivity contribution in [3.63, 3.8) is 0 Å². The molecule has 0 bridgehead atoms. The second-order valence-electron chi connectivity index (χ2n) is 7.55. The Labute approximate surface area is 183 Å². The first-order chi connectivity index (χ1) is 14.9. The van der Waals surface area contributed by atoms with Gasteiger partial charge in [-0.1, -0.05) is 23.6 Å². The third-order valence-electron chi connectivity index (χ3n) is 4.97. The lowest BCUT2D eigenvalue weighted by atomic mass is 9.94. The monoisotopic (exact) mass is 430 g/mol. The van der Waals surface area contributed by atoms with Gasteiger partial charge in [-0.25, -0.2) is 19.3 Å². The lowest BCUT2D eigenvalue weighted by molar-refractivity contribution is 0.101. The van der Waals surface area contributed by atoms with Crippen molar-refractivity contribution in [1.82, 2.24) is 19.9 Å². The Morgan fingerprint density at radius 3 is 2.65 bits per heavy atom. The van der Waals surface area contributed by atoms with E-state index in [4.69, 9.17) is 16.3 Å². The Morgan fingerprint density at radius 2 is 1.87 bits per heavy atom. The fourth-order valence-corrected chi connectivity index (χ4v) is 3.80. The number of aromatic amines is 1. The Bertz CT molecular complexity index is 1350. The van der Waals surface area contributed by atoms with Crippen LogP contribution in [0.2, 0.25) is 5.02 Å². The maximum absolute atomic E-state index is 14.5. The summed E-state index contributed by atoms with van der Waals surface area (Å²) in [6, 6.07) is 12.0. The molecule has 0 fully saturated rings. The Morgan fingerprint density at radius 1 is 1.06 bits per heavy atom. The summed E-state index contributed by atoms with van der Waals surface area (Å²) in [5.74, 6) is 7.04. The molecule has 4 aromatic rings. The molecule has 0 aliphatic carbocycles. The smallest absolute Gasteiger partial charge is 0.205 e. The van der Waals surface area contributed by atoms with E-state index in [0.29, 0.717) is 28.1 Å². The van der Waals surface area contributed by atoms with Gasteiger partial charge in [0.1, 0.15) is 28.7 Å². The molecular weight excluding hydrogens is 415 g/mol. The van der Waals surface area contributed by atoms with Crippen molar-refractivity contribution in [2.24, 2.45) is 0 Å². The average Bonchev–Trinajstić information content (AvgIpc) is 3.19. The van der Waals surface area contributed by atoms with E-state index in [1.54, 1.807) is 30.6 Å². The number of aromatic nitrogens is 4. The molecule has 2 aromatic heterocycles. The summed E-state index contributed by atoms with van der Waals surface area (Å²) in [4.78, 5) is 16.1. The molecular formula is C24H16ClFN4O. The highest BCUT2D eigenvalue weighted by Crippen LogP contribution is 2.45. The van der Waals surface area contributed by atoms with Crippen LogP contribution in [0.15, 0.2) is 54.9 Å². The third kappa shape index (κ3) is 3.43. The zero-order valence-corrected chi connectivity index (χ0v) is 17.5. The molecule has 0 saturated carbocycles. The van der Waals surface area contributed by atoms with Crippen molar-refractivity contribution in [2.45, 2.75) is 19.4 Å². The van der Waals surface area contributed by atoms with E-state index >= 15 is 0 Å². The van der Waals surface area contributed by atoms with Crippen molar-refractivity contribution in [3.05, 3.63) is 82.8 Å². The van der Waals surface area contributed by atoms with Crippen LogP contribution in [0.1, 0.15) is 30.9 Å². The topological polar surface area (TPSA) is 63.7 Å². The summed E-state index contributed by atoms with van der Waals surface area (Å²) in [5, 5.41) is 0.291. The van der Waals surface area contributed by atoms with E-state index in [1.807, 2.05) is 32.0 Å². The molecule has 1 aliphatic heterocycles. The van der Waals surface area contributed by atoms with Crippen LogP contribution in [-0.4, -0.2) is 19.9 Å². The zero-order chi connectivity index (χ0) is 21.6. The van der Waals surface area contributed by atoms with Crippen LogP contribution in [0.5, 0.6) is 5.75 Å². The summed E-state index contributed by atoms with van der Waals surface area (Å²) < 4.78 is 20.7. The number of hydrogen-bond acceptors (Lipinski definition) is 4. The largest absolute Gasteiger partial charge is 0.481 e. The molecule has 5 rings (SSSR count). The number of rotatable bonds is 1. The van der Waals surface area contributed by atoms with Crippen LogP contribution in [0.3, 0.4) is 0 Å². The standard InChI is InChI=1S/C24H16ClFN4O/c1-24(2)22-21(29-23(30-22)20-16(25)5-3-6-17(20)26)15-9-7-14(13-18(15)31-24)8-10-19-27-11-4-12-28-19/h3-7,9,11-13H,1-2H3,(H,29,30). The predicted molar refractivity (Wildman–Crippen MR) is 116 cm³/mol. The number of H-pyrrole nitrogens is 1. The van der Waals surface area contributed by atoms with Gasteiger partial charge in [0.05, 0.1) is 16.3 Å². The molecule has 5 nitrogen and oxygen atoms in total. The van der Waals surface area contributed by atoms with Gasteiger partial charge in [0.2, 0.25) is 5.82 Å². The van der Waals surface area contributed by atoms with Crippen molar-refractivity contribution >= 4 is 11.6 Å². The minimum atomic E-state index is -0.733. The van der Waals surface area contributed by atoms with Crippen molar-refractivity contribution < 1.29 is 9.13 Å². The van der Waals surface area contributed by atoms with Crippen molar-refractivity contribution in [2.75, 3.05) is 0 Å². The van der Waals surface area contributed by atoms with Gasteiger partial charge in [0.25, 0.3) is 0 Å². The summed E-state index contributed by atoms with van der Waals surface area (Å²) in [7, 11) is 0. The molecule has 0 amide bonds.